The van der Waals surface area contributed by atoms with Gasteiger partial charge in [-0.3, -0.25) is 0 Å². The van der Waals surface area contributed by atoms with Crippen molar-refractivity contribution in [2.75, 3.05) is 12.4 Å². The molecule has 66 valence electrons. The monoisotopic (exact) mass is 270 g/mol. The molecule has 0 radical (unpaired) electrons. The van der Waals surface area contributed by atoms with Crippen LogP contribution in [0.3, 0.4) is 0 Å². The molecule has 0 aromatic heterocycles. The first-order valence-corrected chi connectivity index (χ1v) is 7.64. The van der Waals surface area contributed by atoms with Crippen LogP contribution in [0, 0.1) is 0 Å². The van der Waals surface area contributed by atoms with E-state index < -0.39 is 5.69 Å². The molecule has 1 unspecified atom stereocenters. The molecule has 0 amide bonds. The average Bonchev–Trinajstić information content (AvgIpc) is 1.87. The Morgan fingerprint density at radius 2 is 2.33 bits per heavy atom. The molecular weight excluding hydrogens is 262 g/mol. The second-order valence-electron chi connectivity index (χ2n) is 1.52. The third-order valence-electron chi connectivity index (χ3n) is 0.705. The Kier molecular flexibility index (Phi) is 14.3. The van der Waals surface area contributed by atoms with Gasteiger partial charge >= 0.3 is 51.4 Å². The van der Waals surface area contributed by atoms with E-state index in [0.717, 1.165) is 11.4 Å². The molecule has 0 saturated heterocycles. The smallest absolute Gasteiger partial charge is 0.793 e. The summed E-state index contributed by atoms with van der Waals surface area (Å²) in [6.45, 7) is 2.15. The van der Waals surface area contributed by atoms with Crippen LogP contribution in [0.5, 0.6) is 0 Å². The summed E-state index contributed by atoms with van der Waals surface area (Å²) in [5.41, 5.74) is -1.46. The molecule has 0 aliphatic heterocycles. The zero-order valence-corrected chi connectivity index (χ0v) is 13.4. The molecule has 1 atom stereocenters. The van der Waals surface area contributed by atoms with Crippen LogP contribution >= 0.6 is 28.7 Å². The molecule has 2 nitrogen and oxygen atoms in total. The molecule has 0 bridgehead atoms. The summed E-state index contributed by atoms with van der Waals surface area (Å²) in [5.74, 6) is 0.532. The molecule has 0 spiro atoms. The van der Waals surface area contributed by atoms with Crippen molar-refractivity contribution < 1.29 is 60.8 Å². The van der Waals surface area contributed by atoms with Crippen LogP contribution in [0.2, 0.25) is 0 Å². The summed E-state index contributed by atoms with van der Waals surface area (Å²) < 4.78 is 4.83. The first-order chi connectivity index (χ1) is 5.12. The Labute approximate surface area is 130 Å². The first-order valence-electron chi connectivity index (χ1n) is 2.97. The fourth-order valence-corrected chi connectivity index (χ4v) is 3.53. The summed E-state index contributed by atoms with van der Waals surface area (Å²) in [6.07, 6.45) is 1.67. The second-order valence-corrected chi connectivity index (χ2v) is 7.87. The summed E-state index contributed by atoms with van der Waals surface area (Å²) >= 11 is 11.0. The first kappa shape index (κ1) is 17.0. The Morgan fingerprint density at radius 1 is 1.75 bits per heavy atom. The predicted octanol–water partition coefficient (Wildman–Crippen LogP) is -0.903. The molecular formula is C5H9ClKO2PS2. The van der Waals surface area contributed by atoms with Crippen LogP contribution in [0.4, 0.5) is 0 Å². The van der Waals surface area contributed by atoms with E-state index >= 15 is 0 Å². The third-order valence-corrected chi connectivity index (χ3v) is 5.09. The quantitative estimate of drug-likeness (QED) is 0.479. The van der Waals surface area contributed by atoms with Crippen molar-refractivity contribution in [1.29, 1.82) is 0 Å². The molecule has 0 rings (SSSR count). The largest absolute Gasteiger partial charge is 1.00 e. The van der Waals surface area contributed by atoms with Gasteiger partial charge in [-0.1, -0.05) is 29.5 Å². The summed E-state index contributed by atoms with van der Waals surface area (Å²) in [7, 11) is 0. The predicted molar refractivity (Wildman–Crippen MR) is 53.4 cm³/mol. The van der Waals surface area contributed by atoms with E-state index in [0.29, 0.717) is 12.4 Å². The topological polar surface area (TPSA) is 32.3 Å². The summed E-state index contributed by atoms with van der Waals surface area (Å²) in [4.78, 5) is 11.2. The van der Waals surface area contributed by atoms with Crippen LogP contribution in [-0.4, -0.2) is 12.4 Å². The maximum absolute atomic E-state index is 11.2. The van der Waals surface area contributed by atoms with Gasteiger partial charge in [0.15, 0.2) is 0 Å². The van der Waals surface area contributed by atoms with Crippen LogP contribution in [-0.2, 0) is 16.3 Å². The Hall–Kier alpha value is 2.59. The fraction of sp³-hybridized carbons (Fsp3) is 0.600. The van der Waals surface area contributed by atoms with Crippen molar-refractivity contribution in [3.63, 3.8) is 0 Å². The Balaban J connectivity index is 0. The average molecular weight is 271 g/mol. The van der Waals surface area contributed by atoms with Crippen molar-refractivity contribution in [2.24, 2.45) is 0 Å². The molecule has 12 heavy (non-hydrogen) atoms. The standard InChI is InChI=1S/C5H10ClO2PS2.K/c1-2-8-9(7,10)11-5-3-4-6;/h3-4H,2,5H2,1H3,(H,7,10);/q;+1/p-1. The Morgan fingerprint density at radius 3 is 2.75 bits per heavy atom. The number of hydrogen-bond donors (Lipinski definition) is 0. The minimum atomic E-state index is -2.83. The van der Waals surface area contributed by atoms with E-state index in [1.165, 1.54) is 5.54 Å². The van der Waals surface area contributed by atoms with Gasteiger partial charge in [0.1, 0.15) is 0 Å². The maximum Gasteiger partial charge on any atom is 1.00 e. The normalized spacial score (nSPS) is 15.6. The molecule has 0 aromatic carbocycles. The van der Waals surface area contributed by atoms with Crippen LogP contribution < -0.4 is 56.3 Å². The van der Waals surface area contributed by atoms with Gasteiger partial charge in [0.05, 0.1) is 0 Å². The van der Waals surface area contributed by atoms with E-state index in [1.807, 2.05) is 0 Å². The molecule has 0 aromatic rings. The number of hydrogen-bond acceptors (Lipinski definition) is 4. The SMILES string of the molecule is CCOP([O-])(=S)SCC=CCl.[K+]. The zero-order chi connectivity index (χ0) is 8.74. The molecule has 7 heteroatoms. The van der Waals surface area contributed by atoms with Gasteiger partial charge in [0.25, 0.3) is 0 Å². The van der Waals surface area contributed by atoms with Gasteiger partial charge in [-0.25, -0.2) is 0 Å². The van der Waals surface area contributed by atoms with Crippen molar-refractivity contribution in [3.05, 3.63) is 11.6 Å². The van der Waals surface area contributed by atoms with Crippen LogP contribution in [0.1, 0.15) is 6.92 Å². The van der Waals surface area contributed by atoms with Crippen molar-refractivity contribution in [1.82, 2.24) is 0 Å². The minimum absolute atomic E-state index is 0. The minimum Gasteiger partial charge on any atom is -0.793 e. The summed E-state index contributed by atoms with van der Waals surface area (Å²) in [5, 5.41) is 0. The number of halogens is 1. The van der Waals surface area contributed by atoms with Crippen molar-refractivity contribution in [2.45, 2.75) is 6.92 Å². The molecule has 0 fully saturated rings. The van der Waals surface area contributed by atoms with Gasteiger partial charge < -0.3 is 9.42 Å². The van der Waals surface area contributed by atoms with E-state index in [4.69, 9.17) is 16.1 Å². The zero-order valence-electron chi connectivity index (χ0n) is 7.03. The molecule has 0 aliphatic carbocycles. The molecule has 0 heterocycles. The molecule has 0 aliphatic rings. The second kappa shape index (κ2) is 10.1. The maximum atomic E-state index is 11.2. The van der Waals surface area contributed by atoms with E-state index in [1.54, 1.807) is 13.0 Å². The van der Waals surface area contributed by atoms with Crippen molar-refractivity contribution in [3.8, 4) is 0 Å². The van der Waals surface area contributed by atoms with Crippen molar-refractivity contribution >= 4 is 40.5 Å². The van der Waals surface area contributed by atoms with Crippen LogP contribution in [0.15, 0.2) is 11.6 Å². The summed E-state index contributed by atoms with van der Waals surface area (Å²) in [6, 6.07) is 0. The van der Waals surface area contributed by atoms with E-state index in [-0.39, 0.29) is 51.4 Å². The molecule has 0 N–H and O–H groups in total. The van der Waals surface area contributed by atoms with Gasteiger partial charge in [0, 0.05) is 23.6 Å². The van der Waals surface area contributed by atoms with Gasteiger partial charge in [-0.05, 0) is 6.92 Å². The van der Waals surface area contributed by atoms with E-state index in [9.17, 15) is 4.89 Å². The van der Waals surface area contributed by atoms with Crippen LogP contribution in [0.25, 0.3) is 0 Å². The Bertz CT molecular complexity index is 179. The van der Waals surface area contributed by atoms with Gasteiger partial charge in [-0.15, -0.1) is 11.4 Å². The molecule has 0 saturated carbocycles. The van der Waals surface area contributed by atoms with Gasteiger partial charge in [-0.2, -0.15) is 0 Å². The van der Waals surface area contributed by atoms with Gasteiger partial charge in [0.2, 0.25) is 0 Å². The third kappa shape index (κ3) is 10.7. The van der Waals surface area contributed by atoms with E-state index in [2.05, 4.69) is 11.8 Å². The number of rotatable bonds is 5. The fourth-order valence-electron chi connectivity index (χ4n) is 0.366.